The normalized spacial score (nSPS) is 22.8. The van der Waals surface area contributed by atoms with Gasteiger partial charge in [-0.2, -0.15) is 4.31 Å². The first-order chi connectivity index (χ1) is 12.0. The number of nitrogens with zero attached hydrogens (tertiary/aromatic N) is 2. The van der Waals surface area contributed by atoms with Crippen molar-refractivity contribution in [2.24, 2.45) is 0 Å². The predicted molar refractivity (Wildman–Crippen MR) is 99.3 cm³/mol. The molecule has 2 saturated heterocycles. The van der Waals surface area contributed by atoms with Crippen molar-refractivity contribution < 1.29 is 13.2 Å². The second-order valence-electron chi connectivity index (χ2n) is 7.16. The fourth-order valence-electron chi connectivity index (χ4n) is 3.71. The summed E-state index contributed by atoms with van der Waals surface area (Å²) >= 11 is 0. The van der Waals surface area contributed by atoms with E-state index in [2.05, 4.69) is 18.7 Å². The molecule has 2 fully saturated rings. The van der Waals surface area contributed by atoms with Crippen LogP contribution < -0.4 is 0 Å². The summed E-state index contributed by atoms with van der Waals surface area (Å²) in [6, 6.07) is 8.00. The Morgan fingerprint density at radius 2 is 1.68 bits per heavy atom. The topological polar surface area (TPSA) is 49.9 Å². The molecule has 0 aliphatic carbocycles. The van der Waals surface area contributed by atoms with Gasteiger partial charge in [-0.3, -0.25) is 4.90 Å². The third kappa shape index (κ3) is 4.25. The van der Waals surface area contributed by atoms with Crippen LogP contribution in [0.3, 0.4) is 0 Å². The van der Waals surface area contributed by atoms with Gasteiger partial charge in [0.1, 0.15) is 0 Å². The van der Waals surface area contributed by atoms with Crippen LogP contribution in [-0.4, -0.2) is 63.1 Å². The molecule has 0 aromatic heterocycles. The van der Waals surface area contributed by atoms with Crippen molar-refractivity contribution in [1.82, 2.24) is 9.21 Å². The Bertz CT molecular complexity index is 646. The van der Waals surface area contributed by atoms with Gasteiger partial charge in [0.15, 0.2) is 0 Å². The van der Waals surface area contributed by atoms with Gasteiger partial charge in [-0.25, -0.2) is 8.42 Å². The molecule has 1 aromatic carbocycles. The van der Waals surface area contributed by atoms with Gasteiger partial charge in [0.25, 0.3) is 0 Å². The summed E-state index contributed by atoms with van der Waals surface area (Å²) in [6.07, 6.45) is 3.17. The molecule has 1 atom stereocenters. The number of hydrogen-bond donors (Lipinski definition) is 0. The maximum Gasteiger partial charge on any atom is 0.243 e. The van der Waals surface area contributed by atoms with Crippen LogP contribution in [0.15, 0.2) is 29.2 Å². The molecule has 1 aromatic rings. The van der Waals surface area contributed by atoms with E-state index in [1.807, 2.05) is 12.1 Å². The van der Waals surface area contributed by atoms with Crippen LogP contribution in [0, 0.1) is 0 Å². The Hall–Kier alpha value is -0.950. The lowest BCUT2D eigenvalue weighted by atomic mass is 9.99. The summed E-state index contributed by atoms with van der Waals surface area (Å²) in [5, 5.41) is 0. The van der Waals surface area contributed by atoms with Gasteiger partial charge in [-0.1, -0.05) is 26.0 Å². The first-order valence-corrected chi connectivity index (χ1v) is 10.9. The number of rotatable bonds is 5. The lowest BCUT2D eigenvalue weighted by Gasteiger charge is -2.40. The summed E-state index contributed by atoms with van der Waals surface area (Å²) in [4.78, 5) is 2.85. The average Bonchev–Trinajstić information content (AvgIpc) is 2.68. The predicted octanol–water partition coefficient (Wildman–Crippen LogP) is 2.69. The molecule has 3 rings (SSSR count). The third-order valence-electron chi connectivity index (χ3n) is 5.68. The van der Waals surface area contributed by atoms with Crippen molar-refractivity contribution in [1.29, 1.82) is 0 Å². The summed E-state index contributed by atoms with van der Waals surface area (Å²) in [5.41, 5.74) is 1.20. The molecule has 1 unspecified atom stereocenters. The SMILES string of the molecule is CCC(C)c1ccc(S(=O)(=O)N2CCN(C3CCOCC3)CC2)cc1. The Morgan fingerprint density at radius 3 is 2.24 bits per heavy atom. The molecular formula is C19H30N2O3S. The van der Waals surface area contributed by atoms with E-state index in [0.29, 0.717) is 29.9 Å². The van der Waals surface area contributed by atoms with E-state index in [9.17, 15) is 8.42 Å². The molecule has 140 valence electrons. The highest BCUT2D eigenvalue weighted by Gasteiger charge is 2.31. The van der Waals surface area contributed by atoms with Crippen LogP contribution in [-0.2, 0) is 14.8 Å². The molecule has 0 radical (unpaired) electrons. The number of sulfonamides is 1. The Balaban J connectivity index is 1.63. The quantitative estimate of drug-likeness (QED) is 0.804. The number of benzene rings is 1. The van der Waals surface area contributed by atoms with Crippen molar-refractivity contribution in [3.05, 3.63) is 29.8 Å². The molecule has 6 heteroatoms. The highest BCUT2D eigenvalue weighted by atomic mass is 32.2. The van der Waals surface area contributed by atoms with Crippen LogP contribution in [0.5, 0.6) is 0 Å². The van der Waals surface area contributed by atoms with Crippen molar-refractivity contribution in [3.63, 3.8) is 0 Å². The highest BCUT2D eigenvalue weighted by molar-refractivity contribution is 7.89. The molecule has 0 N–H and O–H groups in total. The second kappa shape index (κ2) is 8.16. The number of hydrogen-bond acceptors (Lipinski definition) is 4. The Kier molecular flexibility index (Phi) is 6.15. The van der Waals surface area contributed by atoms with E-state index < -0.39 is 10.0 Å². The van der Waals surface area contributed by atoms with Crippen LogP contribution in [0.25, 0.3) is 0 Å². The zero-order valence-corrected chi connectivity index (χ0v) is 16.2. The molecule has 0 spiro atoms. The van der Waals surface area contributed by atoms with E-state index in [-0.39, 0.29) is 0 Å². The summed E-state index contributed by atoms with van der Waals surface area (Å²) in [5.74, 6) is 0.458. The van der Waals surface area contributed by atoms with Crippen LogP contribution in [0.4, 0.5) is 0 Å². The molecule has 2 heterocycles. The summed E-state index contributed by atoms with van der Waals surface area (Å²) < 4.78 is 32.9. The molecule has 0 saturated carbocycles. The highest BCUT2D eigenvalue weighted by Crippen LogP contribution is 2.24. The lowest BCUT2D eigenvalue weighted by Crippen LogP contribution is -2.52. The smallest absolute Gasteiger partial charge is 0.243 e. The molecule has 5 nitrogen and oxygen atoms in total. The van der Waals surface area contributed by atoms with Gasteiger partial charge >= 0.3 is 0 Å². The molecule has 0 bridgehead atoms. The number of ether oxygens (including phenoxy) is 1. The Labute approximate surface area is 152 Å². The fraction of sp³-hybridized carbons (Fsp3) is 0.684. The minimum atomic E-state index is -3.38. The monoisotopic (exact) mass is 366 g/mol. The van der Waals surface area contributed by atoms with Gasteiger partial charge in [-0.15, -0.1) is 0 Å². The zero-order valence-electron chi connectivity index (χ0n) is 15.4. The molecule has 25 heavy (non-hydrogen) atoms. The van der Waals surface area contributed by atoms with E-state index in [4.69, 9.17) is 4.74 Å². The maximum absolute atomic E-state index is 12.9. The van der Waals surface area contributed by atoms with Crippen molar-refractivity contribution in [2.45, 2.75) is 50.0 Å². The minimum absolute atomic E-state index is 0.416. The number of piperazine rings is 1. The largest absolute Gasteiger partial charge is 0.381 e. The molecule has 2 aliphatic heterocycles. The van der Waals surface area contributed by atoms with E-state index in [0.717, 1.165) is 45.6 Å². The van der Waals surface area contributed by atoms with Crippen molar-refractivity contribution in [2.75, 3.05) is 39.4 Å². The van der Waals surface area contributed by atoms with E-state index in [1.54, 1.807) is 16.4 Å². The maximum atomic E-state index is 12.9. The zero-order chi connectivity index (χ0) is 17.9. The van der Waals surface area contributed by atoms with Gasteiger partial charge in [0, 0.05) is 45.4 Å². The summed E-state index contributed by atoms with van der Waals surface area (Å²) in [6.45, 7) is 8.74. The molecule has 2 aliphatic rings. The van der Waals surface area contributed by atoms with E-state index in [1.165, 1.54) is 5.56 Å². The van der Waals surface area contributed by atoms with Gasteiger partial charge in [-0.05, 0) is 42.9 Å². The fourth-order valence-corrected chi connectivity index (χ4v) is 5.13. The molecule has 0 amide bonds. The average molecular weight is 367 g/mol. The van der Waals surface area contributed by atoms with Crippen molar-refractivity contribution >= 4 is 10.0 Å². The van der Waals surface area contributed by atoms with E-state index >= 15 is 0 Å². The molecular weight excluding hydrogens is 336 g/mol. The van der Waals surface area contributed by atoms with Crippen LogP contribution in [0.2, 0.25) is 0 Å². The van der Waals surface area contributed by atoms with Crippen molar-refractivity contribution in [3.8, 4) is 0 Å². The van der Waals surface area contributed by atoms with Crippen LogP contribution in [0.1, 0.15) is 44.6 Å². The minimum Gasteiger partial charge on any atom is -0.381 e. The second-order valence-corrected chi connectivity index (χ2v) is 9.10. The van der Waals surface area contributed by atoms with Gasteiger partial charge < -0.3 is 4.74 Å². The summed E-state index contributed by atoms with van der Waals surface area (Å²) in [7, 11) is -3.38. The third-order valence-corrected chi connectivity index (χ3v) is 7.59. The first-order valence-electron chi connectivity index (χ1n) is 9.44. The van der Waals surface area contributed by atoms with Gasteiger partial charge in [0.2, 0.25) is 10.0 Å². The van der Waals surface area contributed by atoms with Gasteiger partial charge in [0.05, 0.1) is 4.90 Å². The standard InChI is InChI=1S/C19H30N2O3S/c1-3-16(2)17-4-6-19(7-5-17)25(22,23)21-12-10-20(11-13-21)18-8-14-24-15-9-18/h4-7,16,18H,3,8-15H2,1-2H3. The van der Waals surface area contributed by atoms with Crippen LogP contribution >= 0.6 is 0 Å². The Morgan fingerprint density at radius 1 is 1.08 bits per heavy atom. The first kappa shape index (κ1) is 18.8. The lowest BCUT2D eigenvalue weighted by molar-refractivity contribution is 0.0229.